The first-order chi connectivity index (χ1) is 8.66. The lowest BCUT2D eigenvalue weighted by atomic mass is 10.1. The van der Waals surface area contributed by atoms with Gasteiger partial charge in [-0.2, -0.15) is 16.9 Å². The van der Waals surface area contributed by atoms with Crippen molar-refractivity contribution in [2.45, 2.75) is 18.3 Å². The van der Waals surface area contributed by atoms with Crippen LogP contribution in [0.1, 0.15) is 27.1 Å². The van der Waals surface area contributed by atoms with E-state index in [-0.39, 0.29) is 0 Å². The molecule has 0 saturated heterocycles. The highest BCUT2D eigenvalue weighted by Gasteiger charge is 2.23. The summed E-state index contributed by atoms with van der Waals surface area (Å²) in [5, 5.41) is 15.0. The number of thioether (sulfide) groups is 1. The molecule has 1 aliphatic rings. The van der Waals surface area contributed by atoms with Gasteiger partial charge in [-0.05, 0) is 23.8 Å². The number of halogens is 1. The third-order valence-electron chi connectivity index (χ3n) is 3.11. The standard InChI is InChI=1S/C12H13ClN2OS2/c1-15-11(8(13)5-14-15)12(16)10-4-7-6-17-3-2-9(7)18-10/h4-5,12,16H,2-3,6H2,1H3. The van der Waals surface area contributed by atoms with Crippen molar-refractivity contribution in [3.63, 3.8) is 0 Å². The van der Waals surface area contributed by atoms with Crippen LogP contribution in [0.4, 0.5) is 0 Å². The van der Waals surface area contributed by atoms with Crippen molar-refractivity contribution in [2.75, 3.05) is 5.75 Å². The first kappa shape index (κ1) is 12.5. The Morgan fingerprint density at radius 2 is 2.39 bits per heavy atom. The second kappa shape index (κ2) is 4.89. The van der Waals surface area contributed by atoms with Crippen molar-refractivity contribution in [1.29, 1.82) is 0 Å². The number of fused-ring (bicyclic) bond motifs is 1. The van der Waals surface area contributed by atoms with Crippen molar-refractivity contribution in [1.82, 2.24) is 9.78 Å². The van der Waals surface area contributed by atoms with Gasteiger partial charge < -0.3 is 5.11 Å². The molecule has 0 amide bonds. The summed E-state index contributed by atoms with van der Waals surface area (Å²) in [5.74, 6) is 2.23. The van der Waals surface area contributed by atoms with E-state index in [2.05, 4.69) is 11.2 Å². The number of hydrogen-bond acceptors (Lipinski definition) is 4. The van der Waals surface area contributed by atoms with Gasteiger partial charge >= 0.3 is 0 Å². The van der Waals surface area contributed by atoms with Gasteiger partial charge in [-0.1, -0.05) is 11.6 Å². The molecule has 0 fully saturated rings. The quantitative estimate of drug-likeness (QED) is 0.926. The number of aliphatic hydroxyl groups is 1. The Hall–Kier alpha value is -0.490. The van der Waals surface area contributed by atoms with Crippen molar-refractivity contribution in [3.05, 3.63) is 38.3 Å². The van der Waals surface area contributed by atoms with Gasteiger partial charge in [0.15, 0.2) is 0 Å². The molecule has 2 aromatic heterocycles. The van der Waals surface area contributed by atoms with Crippen LogP contribution in [0.5, 0.6) is 0 Å². The summed E-state index contributed by atoms with van der Waals surface area (Å²) in [6.45, 7) is 0. The number of hydrogen-bond donors (Lipinski definition) is 1. The van der Waals surface area contributed by atoms with Crippen LogP contribution in [0, 0.1) is 0 Å². The van der Waals surface area contributed by atoms with Crippen LogP contribution < -0.4 is 0 Å². The fourth-order valence-corrected chi connectivity index (χ4v) is 4.80. The van der Waals surface area contributed by atoms with Crippen LogP contribution in [-0.4, -0.2) is 20.6 Å². The second-order valence-electron chi connectivity index (χ2n) is 4.30. The molecule has 3 rings (SSSR count). The molecule has 3 nitrogen and oxygen atoms in total. The summed E-state index contributed by atoms with van der Waals surface area (Å²) >= 11 is 9.72. The fraction of sp³-hybridized carbons (Fsp3) is 0.417. The summed E-state index contributed by atoms with van der Waals surface area (Å²) < 4.78 is 1.64. The van der Waals surface area contributed by atoms with Crippen molar-refractivity contribution >= 4 is 34.7 Å². The Kier molecular flexibility index (Phi) is 3.40. The van der Waals surface area contributed by atoms with E-state index >= 15 is 0 Å². The molecular formula is C12H13ClN2OS2. The van der Waals surface area contributed by atoms with E-state index in [0.29, 0.717) is 10.7 Å². The van der Waals surface area contributed by atoms with Crippen molar-refractivity contribution in [2.24, 2.45) is 7.05 Å². The maximum atomic E-state index is 10.4. The molecule has 0 spiro atoms. The maximum Gasteiger partial charge on any atom is 0.131 e. The highest BCUT2D eigenvalue weighted by molar-refractivity contribution is 7.98. The summed E-state index contributed by atoms with van der Waals surface area (Å²) in [6.07, 6.45) is 2.01. The lowest BCUT2D eigenvalue weighted by molar-refractivity contribution is 0.213. The van der Waals surface area contributed by atoms with Gasteiger partial charge in [0.25, 0.3) is 0 Å². The Morgan fingerprint density at radius 1 is 1.56 bits per heavy atom. The van der Waals surface area contributed by atoms with Crippen molar-refractivity contribution in [3.8, 4) is 0 Å². The predicted octanol–water partition coefficient (Wildman–Crippen LogP) is 3.01. The molecule has 1 unspecified atom stereocenters. The molecule has 3 heterocycles. The maximum absolute atomic E-state index is 10.4. The zero-order valence-corrected chi connectivity index (χ0v) is 12.3. The van der Waals surface area contributed by atoms with E-state index in [1.54, 1.807) is 29.3 Å². The van der Waals surface area contributed by atoms with Gasteiger partial charge in [0, 0.05) is 22.6 Å². The van der Waals surface area contributed by atoms with Crippen LogP contribution in [-0.2, 0) is 19.2 Å². The molecule has 1 aliphatic heterocycles. The predicted molar refractivity (Wildman–Crippen MR) is 76.5 cm³/mol. The normalized spacial score (nSPS) is 16.6. The lowest BCUT2D eigenvalue weighted by Crippen LogP contribution is -2.05. The monoisotopic (exact) mass is 300 g/mol. The van der Waals surface area contributed by atoms with E-state index in [1.165, 1.54) is 16.2 Å². The zero-order valence-electron chi connectivity index (χ0n) is 9.89. The third kappa shape index (κ3) is 2.09. The van der Waals surface area contributed by atoms with Gasteiger partial charge in [0.1, 0.15) is 6.10 Å². The Morgan fingerprint density at radius 3 is 3.06 bits per heavy atom. The van der Waals surface area contributed by atoms with Gasteiger partial charge in [0.2, 0.25) is 0 Å². The largest absolute Gasteiger partial charge is 0.381 e. The summed E-state index contributed by atoms with van der Waals surface area (Å²) in [7, 11) is 1.80. The molecule has 1 atom stereocenters. The summed E-state index contributed by atoms with van der Waals surface area (Å²) in [5.41, 5.74) is 2.03. The van der Waals surface area contributed by atoms with Crippen LogP contribution in [0.2, 0.25) is 5.02 Å². The number of aromatic nitrogens is 2. The van der Waals surface area contributed by atoms with Gasteiger partial charge in [-0.3, -0.25) is 4.68 Å². The molecule has 96 valence electrons. The summed E-state index contributed by atoms with van der Waals surface area (Å²) in [6, 6.07) is 2.11. The molecule has 18 heavy (non-hydrogen) atoms. The van der Waals surface area contributed by atoms with Gasteiger partial charge in [-0.25, -0.2) is 0 Å². The minimum Gasteiger partial charge on any atom is -0.381 e. The van der Waals surface area contributed by atoms with Crippen LogP contribution in [0.25, 0.3) is 0 Å². The topological polar surface area (TPSA) is 38.0 Å². The average Bonchev–Trinajstić information content (AvgIpc) is 2.92. The average molecular weight is 301 g/mol. The zero-order chi connectivity index (χ0) is 12.7. The van der Waals surface area contributed by atoms with Gasteiger partial charge in [-0.15, -0.1) is 11.3 Å². The second-order valence-corrected chi connectivity index (χ2v) is 6.98. The number of aliphatic hydroxyl groups excluding tert-OH is 1. The van der Waals surface area contributed by atoms with E-state index in [9.17, 15) is 5.11 Å². The number of rotatable bonds is 2. The van der Waals surface area contributed by atoms with Gasteiger partial charge in [0.05, 0.1) is 16.9 Å². The Balaban J connectivity index is 1.97. The molecular weight excluding hydrogens is 288 g/mol. The SMILES string of the molecule is Cn1ncc(Cl)c1C(O)c1cc2c(s1)CCSC2. The van der Waals surface area contributed by atoms with Crippen molar-refractivity contribution < 1.29 is 5.11 Å². The Labute approximate surface area is 119 Å². The molecule has 0 aliphatic carbocycles. The minimum atomic E-state index is -0.675. The first-order valence-electron chi connectivity index (χ1n) is 5.71. The van der Waals surface area contributed by atoms with E-state index < -0.39 is 6.10 Å². The van der Waals surface area contributed by atoms with Crippen LogP contribution >= 0.6 is 34.7 Å². The summed E-state index contributed by atoms with van der Waals surface area (Å²) in [4.78, 5) is 2.37. The Bertz CT molecular complexity index is 536. The smallest absolute Gasteiger partial charge is 0.131 e. The highest BCUT2D eigenvalue weighted by atomic mass is 35.5. The molecule has 0 saturated carbocycles. The molecule has 1 N–H and O–H groups in total. The molecule has 0 bridgehead atoms. The minimum absolute atomic E-state index is 0.519. The number of nitrogens with zero attached hydrogens (tertiary/aromatic N) is 2. The molecule has 2 aromatic rings. The van der Waals surface area contributed by atoms with Crippen LogP contribution in [0.3, 0.4) is 0 Å². The van der Waals surface area contributed by atoms with E-state index in [1.807, 2.05) is 11.8 Å². The van der Waals surface area contributed by atoms with E-state index in [0.717, 1.165) is 17.1 Å². The van der Waals surface area contributed by atoms with E-state index in [4.69, 9.17) is 11.6 Å². The molecule has 0 aromatic carbocycles. The fourth-order valence-electron chi connectivity index (χ4n) is 2.17. The van der Waals surface area contributed by atoms with Crippen LogP contribution in [0.15, 0.2) is 12.3 Å². The molecule has 0 radical (unpaired) electrons. The highest BCUT2D eigenvalue weighted by Crippen LogP contribution is 2.37. The number of aryl methyl sites for hydroxylation is 2. The lowest BCUT2D eigenvalue weighted by Gasteiger charge is -2.09. The third-order valence-corrected chi connectivity index (χ3v) is 5.70. The molecule has 6 heteroatoms. The number of thiophene rings is 1. The first-order valence-corrected chi connectivity index (χ1v) is 8.06.